The summed E-state index contributed by atoms with van der Waals surface area (Å²) in [6, 6.07) is 17.0. The Morgan fingerprint density at radius 1 is 1.06 bits per heavy atom. The summed E-state index contributed by atoms with van der Waals surface area (Å²) in [4.78, 5) is 10.9. The molecule has 2 aromatic rings. The van der Waals surface area contributed by atoms with Crippen molar-refractivity contribution >= 4 is 6.29 Å². The Morgan fingerprint density at radius 2 is 1.76 bits per heavy atom. The fourth-order valence-corrected chi connectivity index (χ4v) is 1.73. The van der Waals surface area contributed by atoms with Crippen molar-refractivity contribution in [2.75, 3.05) is 0 Å². The second-order valence-corrected chi connectivity index (χ2v) is 3.80. The zero-order valence-electron chi connectivity index (χ0n) is 9.26. The predicted octanol–water partition coefficient (Wildman–Crippen LogP) is 2.96. The lowest BCUT2D eigenvalue weighted by Gasteiger charge is -2.04. The molecule has 0 bridgehead atoms. The molecule has 2 rings (SSSR count). The monoisotopic (exact) mass is 221 g/mol. The van der Waals surface area contributed by atoms with Gasteiger partial charge in [0.1, 0.15) is 6.29 Å². The second-order valence-electron chi connectivity index (χ2n) is 3.80. The zero-order chi connectivity index (χ0) is 12.1. The smallest absolute Gasteiger partial charge is 0.150 e. The Labute approximate surface area is 100 Å². The molecule has 0 heterocycles. The van der Waals surface area contributed by atoms with Gasteiger partial charge in [0.15, 0.2) is 0 Å². The van der Waals surface area contributed by atoms with Crippen molar-refractivity contribution in [1.29, 1.82) is 5.26 Å². The number of nitriles is 1. The maximum Gasteiger partial charge on any atom is 0.150 e. The van der Waals surface area contributed by atoms with Gasteiger partial charge in [0.05, 0.1) is 11.6 Å². The van der Waals surface area contributed by atoms with E-state index in [4.69, 9.17) is 5.26 Å². The first-order valence-corrected chi connectivity index (χ1v) is 5.35. The van der Waals surface area contributed by atoms with E-state index in [9.17, 15) is 4.79 Å². The average molecular weight is 221 g/mol. The van der Waals surface area contributed by atoms with E-state index in [1.165, 1.54) is 0 Å². The van der Waals surface area contributed by atoms with Gasteiger partial charge in [-0.15, -0.1) is 0 Å². The first-order chi connectivity index (χ1) is 8.33. The Hall–Kier alpha value is -2.40. The van der Waals surface area contributed by atoms with Gasteiger partial charge in [0.2, 0.25) is 0 Å². The summed E-state index contributed by atoms with van der Waals surface area (Å²) >= 11 is 0. The topological polar surface area (TPSA) is 40.9 Å². The summed E-state index contributed by atoms with van der Waals surface area (Å²) in [6.45, 7) is 0. The van der Waals surface area contributed by atoms with Gasteiger partial charge in [-0.1, -0.05) is 36.4 Å². The highest BCUT2D eigenvalue weighted by Gasteiger charge is 2.01. The summed E-state index contributed by atoms with van der Waals surface area (Å²) in [5, 5.41) is 8.70. The predicted molar refractivity (Wildman–Crippen MR) is 65.8 cm³/mol. The number of carbonyl (C=O) groups excluding carboxylic acids is 1. The minimum atomic E-state index is 0.650. The molecule has 0 amide bonds. The molecule has 82 valence electrons. The van der Waals surface area contributed by atoms with Crippen LogP contribution >= 0.6 is 0 Å². The third kappa shape index (κ3) is 2.59. The molecule has 2 aromatic carbocycles. The first kappa shape index (κ1) is 11.1. The van der Waals surface area contributed by atoms with Crippen LogP contribution in [-0.2, 0) is 6.42 Å². The fraction of sp³-hybridized carbons (Fsp3) is 0.0667. The molecule has 17 heavy (non-hydrogen) atoms. The lowest BCUT2D eigenvalue weighted by molar-refractivity contribution is 0.112. The molecule has 0 aliphatic carbocycles. The number of rotatable bonds is 3. The summed E-state index contributed by atoms with van der Waals surface area (Å²) in [5.41, 5.74) is 3.47. The molecule has 0 spiro atoms. The van der Waals surface area contributed by atoms with E-state index in [1.807, 2.05) is 36.4 Å². The van der Waals surface area contributed by atoms with E-state index in [-0.39, 0.29) is 0 Å². The van der Waals surface area contributed by atoms with Crippen molar-refractivity contribution in [1.82, 2.24) is 0 Å². The normalized spacial score (nSPS) is 9.59. The lowest BCUT2D eigenvalue weighted by Crippen LogP contribution is -1.94. The fourth-order valence-electron chi connectivity index (χ4n) is 1.73. The number of aldehydes is 1. The molecule has 0 N–H and O–H groups in total. The Kier molecular flexibility index (Phi) is 3.32. The molecule has 2 heteroatoms. The lowest BCUT2D eigenvalue weighted by atomic mass is 10.00. The van der Waals surface area contributed by atoms with Crippen molar-refractivity contribution < 1.29 is 4.79 Å². The van der Waals surface area contributed by atoms with Gasteiger partial charge in [0, 0.05) is 5.56 Å². The van der Waals surface area contributed by atoms with Crippen molar-refractivity contribution in [2.24, 2.45) is 0 Å². The molecule has 0 aromatic heterocycles. The third-order valence-electron chi connectivity index (χ3n) is 2.66. The Bertz CT molecular complexity index is 564. The van der Waals surface area contributed by atoms with Crippen LogP contribution in [0.25, 0.3) is 0 Å². The van der Waals surface area contributed by atoms with Gasteiger partial charge in [0.25, 0.3) is 0 Å². The molecule has 0 unspecified atom stereocenters. The first-order valence-electron chi connectivity index (χ1n) is 5.35. The molecule has 0 radical (unpaired) electrons. The van der Waals surface area contributed by atoms with Gasteiger partial charge < -0.3 is 0 Å². The minimum Gasteiger partial charge on any atom is -0.298 e. The van der Waals surface area contributed by atoms with Gasteiger partial charge in [-0.05, 0) is 29.7 Å². The highest BCUT2D eigenvalue weighted by Crippen LogP contribution is 2.13. The Morgan fingerprint density at radius 3 is 2.41 bits per heavy atom. The van der Waals surface area contributed by atoms with E-state index in [0.717, 1.165) is 23.0 Å². The highest BCUT2D eigenvalue weighted by atomic mass is 16.1. The van der Waals surface area contributed by atoms with Gasteiger partial charge >= 0.3 is 0 Å². The van der Waals surface area contributed by atoms with Crippen LogP contribution in [0.3, 0.4) is 0 Å². The zero-order valence-corrected chi connectivity index (χ0v) is 9.26. The molecule has 0 saturated heterocycles. The standard InChI is InChI=1S/C15H11NO/c16-10-13-7-5-12(6-8-13)9-14-3-1-2-4-15(14)11-17/h1-8,11H,9H2. The van der Waals surface area contributed by atoms with E-state index in [1.54, 1.807) is 12.1 Å². The molecule has 0 aliphatic heterocycles. The van der Waals surface area contributed by atoms with Crippen molar-refractivity contribution in [3.8, 4) is 6.07 Å². The number of nitrogens with zero attached hydrogens (tertiary/aromatic N) is 1. The molecular weight excluding hydrogens is 210 g/mol. The van der Waals surface area contributed by atoms with E-state index in [0.29, 0.717) is 12.0 Å². The van der Waals surface area contributed by atoms with E-state index >= 15 is 0 Å². The van der Waals surface area contributed by atoms with Gasteiger partial charge in [-0.3, -0.25) is 4.79 Å². The summed E-state index contributed by atoms with van der Waals surface area (Å²) in [5.74, 6) is 0. The molecule has 0 atom stereocenters. The number of benzene rings is 2. The van der Waals surface area contributed by atoms with Crippen molar-refractivity contribution in [2.45, 2.75) is 6.42 Å². The van der Waals surface area contributed by atoms with Gasteiger partial charge in [-0.25, -0.2) is 0 Å². The highest BCUT2D eigenvalue weighted by molar-refractivity contribution is 5.77. The number of hydrogen-bond donors (Lipinski definition) is 0. The van der Waals surface area contributed by atoms with Crippen molar-refractivity contribution in [3.63, 3.8) is 0 Å². The van der Waals surface area contributed by atoms with Crippen LogP contribution in [0.5, 0.6) is 0 Å². The summed E-state index contributed by atoms with van der Waals surface area (Å²) in [6.07, 6.45) is 1.58. The summed E-state index contributed by atoms with van der Waals surface area (Å²) < 4.78 is 0. The summed E-state index contributed by atoms with van der Waals surface area (Å²) in [7, 11) is 0. The van der Waals surface area contributed by atoms with Crippen LogP contribution in [0, 0.1) is 11.3 Å². The van der Waals surface area contributed by atoms with E-state index < -0.39 is 0 Å². The second kappa shape index (κ2) is 5.09. The van der Waals surface area contributed by atoms with Crippen molar-refractivity contribution in [3.05, 3.63) is 70.8 Å². The van der Waals surface area contributed by atoms with Crippen LogP contribution in [0.15, 0.2) is 48.5 Å². The third-order valence-corrected chi connectivity index (χ3v) is 2.66. The van der Waals surface area contributed by atoms with Gasteiger partial charge in [-0.2, -0.15) is 5.26 Å². The Balaban J connectivity index is 2.25. The van der Waals surface area contributed by atoms with Crippen LogP contribution < -0.4 is 0 Å². The molecule has 0 saturated carbocycles. The van der Waals surface area contributed by atoms with Crippen LogP contribution in [0.4, 0.5) is 0 Å². The van der Waals surface area contributed by atoms with Crippen LogP contribution in [-0.4, -0.2) is 6.29 Å². The maximum atomic E-state index is 10.9. The van der Waals surface area contributed by atoms with Crippen LogP contribution in [0.2, 0.25) is 0 Å². The minimum absolute atomic E-state index is 0.650. The largest absolute Gasteiger partial charge is 0.298 e. The average Bonchev–Trinajstić information content (AvgIpc) is 2.40. The number of hydrogen-bond acceptors (Lipinski definition) is 2. The van der Waals surface area contributed by atoms with E-state index in [2.05, 4.69) is 6.07 Å². The molecule has 0 aliphatic rings. The number of carbonyl (C=O) groups is 1. The SMILES string of the molecule is N#Cc1ccc(Cc2ccccc2C=O)cc1. The maximum absolute atomic E-state index is 10.9. The quantitative estimate of drug-likeness (QED) is 0.747. The van der Waals surface area contributed by atoms with Crippen LogP contribution in [0.1, 0.15) is 27.0 Å². The molecule has 0 fully saturated rings. The molecular formula is C15H11NO. The molecule has 2 nitrogen and oxygen atoms in total.